The number of aromatic nitrogens is 1. The topological polar surface area (TPSA) is 45.5 Å². The molecule has 15 heavy (non-hydrogen) atoms. The quantitative estimate of drug-likeness (QED) is 0.348. The van der Waals surface area contributed by atoms with E-state index in [0.717, 1.165) is 16.5 Å². The molecular formula is C11H9ClN2O. The first-order valence-corrected chi connectivity index (χ1v) is 4.83. The lowest BCUT2D eigenvalue weighted by Gasteiger charge is -2.02. The Bertz CT molecular complexity index is 537. The summed E-state index contributed by atoms with van der Waals surface area (Å²) >= 11 is 5.92. The zero-order chi connectivity index (χ0) is 10.8. The van der Waals surface area contributed by atoms with Gasteiger partial charge >= 0.3 is 0 Å². The van der Waals surface area contributed by atoms with Crippen LogP contribution in [0.25, 0.3) is 10.9 Å². The Morgan fingerprint density at radius 3 is 2.93 bits per heavy atom. The fourth-order valence-electron chi connectivity index (χ4n) is 1.42. The molecule has 1 aromatic heterocycles. The first-order chi connectivity index (χ1) is 7.20. The lowest BCUT2D eigenvalue weighted by atomic mass is 10.1. The van der Waals surface area contributed by atoms with Gasteiger partial charge in [0.25, 0.3) is 0 Å². The predicted molar refractivity (Wildman–Crippen MR) is 60.9 cm³/mol. The molecule has 0 atom stereocenters. The van der Waals surface area contributed by atoms with Gasteiger partial charge in [-0.05, 0) is 24.6 Å². The van der Waals surface area contributed by atoms with Gasteiger partial charge in [-0.3, -0.25) is 0 Å². The fraction of sp³-hybridized carbons (Fsp3) is 0.0909. The molecule has 1 heterocycles. The minimum absolute atomic E-state index is 0.339. The molecule has 0 amide bonds. The van der Waals surface area contributed by atoms with Gasteiger partial charge in [-0.25, -0.2) is 4.98 Å². The smallest absolute Gasteiger partial charge is 0.138 e. The number of pyridine rings is 1. The third-order valence-corrected chi connectivity index (χ3v) is 2.45. The molecule has 2 rings (SSSR count). The molecule has 0 radical (unpaired) electrons. The number of aryl methyl sites for hydroxylation is 1. The molecule has 3 nitrogen and oxygen atoms in total. The van der Waals surface area contributed by atoms with Crippen molar-refractivity contribution in [1.29, 1.82) is 0 Å². The molecule has 1 N–H and O–H groups in total. The summed E-state index contributed by atoms with van der Waals surface area (Å²) < 4.78 is 0. The SMILES string of the molecule is Cc1ccc2cc(/C=N\O)c(Cl)nc2c1. The minimum atomic E-state index is 0.339. The maximum Gasteiger partial charge on any atom is 0.138 e. The van der Waals surface area contributed by atoms with Crippen LogP contribution in [0.5, 0.6) is 0 Å². The second-order valence-electron chi connectivity index (χ2n) is 3.31. The lowest BCUT2D eigenvalue weighted by Crippen LogP contribution is -1.89. The standard InChI is InChI=1S/C11H9ClN2O/c1-7-2-3-8-5-9(6-13-15)11(12)14-10(8)4-7/h2-6,15H,1H3/b13-6-. The Balaban J connectivity index is 2.70. The number of benzene rings is 1. The van der Waals surface area contributed by atoms with Crippen molar-refractivity contribution in [3.8, 4) is 0 Å². The first kappa shape index (κ1) is 9.93. The van der Waals surface area contributed by atoms with E-state index in [-0.39, 0.29) is 0 Å². The molecule has 0 aliphatic carbocycles. The van der Waals surface area contributed by atoms with E-state index in [9.17, 15) is 0 Å². The monoisotopic (exact) mass is 220 g/mol. The van der Waals surface area contributed by atoms with Gasteiger partial charge in [-0.15, -0.1) is 0 Å². The Labute approximate surface area is 92.0 Å². The molecule has 0 spiro atoms. The molecule has 0 fully saturated rings. The molecule has 4 heteroatoms. The van der Waals surface area contributed by atoms with Crippen LogP contribution in [0.4, 0.5) is 0 Å². The Morgan fingerprint density at radius 1 is 1.40 bits per heavy atom. The highest BCUT2D eigenvalue weighted by Gasteiger charge is 2.03. The van der Waals surface area contributed by atoms with Crippen molar-refractivity contribution < 1.29 is 5.21 Å². The molecule has 0 aliphatic rings. The molecule has 2 aromatic rings. The van der Waals surface area contributed by atoms with Crippen molar-refractivity contribution in [2.24, 2.45) is 5.16 Å². The summed E-state index contributed by atoms with van der Waals surface area (Å²) in [5.41, 5.74) is 2.58. The van der Waals surface area contributed by atoms with Crippen molar-refractivity contribution in [3.63, 3.8) is 0 Å². The first-order valence-electron chi connectivity index (χ1n) is 4.45. The van der Waals surface area contributed by atoms with E-state index >= 15 is 0 Å². The Morgan fingerprint density at radius 2 is 2.20 bits per heavy atom. The van der Waals surface area contributed by atoms with Gasteiger partial charge in [0.2, 0.25) is 0 Å². The number of hydrogen-bond acceptors (Lipinski definition) is 3. The maximum atomic E-state index is 8.44. The zero-order valence-corrected chi connectivity index (χ0v) is 8.86. The molecule has 0 aliphatic heterocycles. The molecular weight excluding hydrogens is 212 g/mol. The number of nitrogens with zero attached hydrogens (tertiary/aromatic N) is 2. The van der Waals surface area contributed by atoms with Gasteiger partial charge in [-0.2, -0.15) is 0 Å². The highest BCUT2D eigenvalue weighted by Crippen LogP contribution is 2.20. The Hall–Kier alpha value is -1.61. The van der Waals surface area contributed by atoms with Crippen LogP contribution in [-0.4, -0.2) is 16.4 Å². The van der Waals surface area contributed by atoms with Crippen molar-refractivity contribution in [2.75, 3.05) is 0 Å². The van der Waals surface area contributed by atoms with Crippen molar-refractivity contribution >= 4 is 28.7 Å². The zero-order valence-electron chi connectivity index (χ0n) is 8.11. The van der Waals surface area contributed by atoms with E-state index in [1.165, 1.54) is 6.21 Å². The van der Waals surface area contributed by atoms with Gasteiger partial charge < -0.3 is 5.21 Å². The Kier molecular flexibility index (Phi) is 2.56. The van der Waals surface area contributed by atoms with Crippen LogP contribution in [0.2, 0.25) is 5.15 Å². The molecule has 0 bridgehead atoms. The van der Waals surface area contributed by atoms with E-state index in [4.69, 9.17) is 16.8 Å². The van der Waals surface area contributed by atoms with Crippen molar-refractivity contribution in [3.05, 3.63) is 40.5 Å². The second kappa shape index (κ2) is 3.87. The van der Waals surface area contributed by atoms with Gasteiger partial charge in [0, 0.05) is 10.9 Å². The van der Waals surface area contributed by atoms with Crippen LogP contribution in [0.1, 0.15) is 11.1 Å². The van der Waals surface area contributed by atoms with Crippen LogP contribution in [0.15, 0.2) is 29.4 Å². The minimum Gasteiger partial charge on any atom is -0.411 e. The molecule has 0 saturated carbocycles. The van der Waals surface area contributed by atoms with Gasteiger partial charge in [0.1, 0.15) is 5.15 Å². The lowest BCUT2D eigenvalue weighted by molar-refractivity contribution is 0.322. The summed E-state index contributed by atoms with van der Waals surface area (Å²) in [4.78, 5) is 4.22. The average molecular weight is 221 g/mol. The number of fused-ring (bicyclic) bond motifs is 1. The largest absolute Gasteiger partial charge is 0.411 e. The van der Waals surface area contributed by atoms with Gasteiger partial charge in [-0.1, -0.05) is 28.9 Å². The normalized spacial score (nSPS) is 11.3. The summed E-state index contributed by atoms with van der Waals surface area (Å²) in [6.45, 7) is 2.00. The summed E-state index contributed by atoms with van der Waals surface area (Å²) in [7, 11) is 0. The highest BCUT2D eigenvalue weighted by molar-refractivity contribution is 6.32. The average Bonchev–Trinajstić information content (AvgIpc) is 2.20. The number of hydrogen-bond donors (Lipinski definition) is 1. The fourth-order valence-corrected chi connectivity index (χ4v) is 1.62. The maximum absolute atomic E-state index is 8.44. The van der Waals surface area contributed by atoms with E-state index in [1.807, 2.05) is 31.2 Å². The van der Waals surface area contributed by atoms with Crippen LogP contribution >= 0.6 is 11.6 Å². The number of halogens is 1. The number of rotatable bonds is 1. The van der Waals surface area contributed by atoms with Crippen LogP contribution in [-0.2, 0) is 0 Å². The second-order valence-corrected chi connectivity index (χ2v) is 3.67. The van der Waals surface area contributed by atoms with Gasteiger partial charge in [0.15, 0.2) is 0 Å². The molecule has 76 valence electrons. The summed E-state index contributed by atoms with van der Waals surface area (Å²) in [6, 6.07) is 7.76. The van der Waals surface area contributed by atoms with Crippen LogP contribution in [0.3, 0.4) is 0 Å². The molecule has 0 saturated heterocycles. The third kappa shape index (κ3) is 1.92. The van der Waals surface area contributed by atoms with E-state index in [2.05, 4.69) is 10.1 Å². The van der Waals surface area contributed by atoms with Crippen LogP contribution in [0, 0.1) is 6.92 Å². The predicted octanol–water partition coefficient (Wildman–Crippen LogP) is 3.00. The van der Waals surface area contributed by atoms with E-state index < -0.39 is 0 Å². The van der Waals surface area contributed by atoms with Gasteiger partial charge in [0.05, 0.1) is 11.7 Å². The number of oxime groups is 1. The highest BCUT2D eigenvalue weighted by atomic mass is 35.5. The summed E-state index contributed by atoms with van der Waals surface area (Å²) in [6.07, 6.45) is 1.27. The van der Waals surface area contributed by atoms with Crippen molar-refractivity contribution in [1.82, 2.24) is 4.98 Å². The van der Waals surface area contributed by atoms with E-state index in [0.29, 0.717) is 10.7 Å². The van der Waals surface area contributed by atoms with E-state index in [1.54, 1.807) is 0 Å². The van der Waals surface area contributed by atoms with Crippen LogP contribution < -0.4 is 0 Å². The molecule has 1 aromatic carbocycles. The third-order valence-electron chi connectivity index (χ3n) is 2.15. The summed E-state index contributed by atoms with van der Waals surface area (Å²) in [5, 5.41) is 12.7. The summed E-state index contributed by atoms with van der Waals surface area (Å²) in [5.74, 6) is 0. The van der Waals surface area contributed by atoms with Crippen molar-refractivity contribution in [2.45, 2.75) is 6.92 Å². The molecule has 0 unspecified atom stereocenters.